The van der Waals surface area contributed by atoms with Gasteiger partial charge in [0.05, 0.1) is 11.5 Å². The molecule has 0 saturated heterocycles. The van der Waals surface area contributed by atoms with E-state index in [9.17, 15) is 10.1 Å². The van der Waals surface area contributed by atoms with Gasteiger partial charge in [0.25, 0.3) is 0 Å². The lowest BCUT2D eigenvalue weighted by molar-refractivity contribution is -0.385. The molecule has 0 aliphatic rings. The van der Waals surface area contributed by atoms with Crippen molar-refractivity contribution in [2.24, 2.45) is 0 Å². The first kappa shape index (κ1) is 15.7. The molecule has 0 amide bonds. The van der Waals surface area contributed by atoms with E-state index in [0.717, 1.165) is 11.1 Å². The molecule has 9 heteroatoms. The van der Waals surface area contributed by atoms with Gasteiger partial charge in [-0.3, -0.25) is 14.8 Å². The number of aryl methyl sites for hydroxylation is 2. The van der Waals surface area contributed by atoms with Crippen molar-refractivity contribution in [3.05, 3.63) is 51.7 Å². The molecule has 0 aliphatic carbocycles. The summed E-state index contributed by atoms with van der Waals surface area (Å²) in [7, 11) is 0. The third-order valence-electron chi connectivity index (χ3n) is 3.90. The van der Waals surface area contributed by atoms with Crippen molar-refractivity contribution in [1.82, 2.24) is 19.9 Å². The van der Waals surface area contributed by atoms with Crippen LogP contribution in [0.25, 0.3) is 11.4 Å². The van der Waals surface area contributed by atoms with Crippen LogP contribution in [0.1, 0.15) is 17.1 Å². The van der Waals surface area contributed by atoms with Crippen molar-refractivity contribution < 1.29 is 9.45 Å². The molecular formula is C15H16N6O3. The van der Waals surface area contributed by atoms with Crippen molar-refractivity contribution in [3.63, 3.8) is 0 Å². The first-order valence-electron chi connectivity index (χ1n) is 7.32. The minimum absolute atomic E-state index is 0.00314. The minimum Gasteiger partial charge on any atom is -0.398 e. The number of hydrogen-bond acceptors (Lipinski definition) is 7. The Morgan fingerprint density at radius 1 is 1.38 bits per heavy atom. The second-order valence-electron chi connectivity index (χ2n) is 5.38. The van der Waals surface area contributed by atoms with Crippen LogP contribution in [0.4, 0.5) is 11.4 Å². The Hall–Kier alpha value is -3.23. The summed E-state index contributed by atoms with van der Waals surface area (Å²) in [6.07, 6.45) is 1.67. The largest absolute Gasteiger partial charge is 0.398 e. The first-order valence-corrected chi connectivity index (χ1v) is 7.32. The maximum atomic E-state index is 10.8. The van der Waals surface area contributed by atoms with E-state index in [1.165, 1.54) is 6.20 Å². The molecule has 0 bridgehead atoms. The molecule has 124 valence electrons. The second kappa shape index (κ2) is 6.11. The average molecular weight is 328 g/mol. The van der Waals surface area contributed by atoms with E-state index in [0.29, 0.717) is 36.1 Å². The standard InChI is InChI=1S/C15H16N6O3/c1-9-11(4-3-5-12(9)16)15-18-14(24-19-15)6-7-20-10(2)13(8-17-20)21(22)23/h3-5,8H,6-7,16H2,1-2H3. The van der Waals surface area contributed by atoms with Gasteiger partial charge in [0, 0.05) is 17.7 Å². The van der Waals surface area contributed by atoms with Crippen LogP contribution in [0.15, 0.2) is 28.9 Å². The highest BCUT2D eigenvalue weighted by molar-refractivity contribution is 5.67. The van der Waals surface area contributed by atoms with Crippen molar-refractivity contribution in [1.29, 1.82) is 0 Å². The second-order valence-corrected chi connectivity index (χ2v) is 5.38. The fourth-order valence-corrected chi connectivity index (χ4v) is 2.40. The average Bonchev–Trinajstić information content (AvgIpc) is 3.15. The Labute approximate surface area is 137 Å². The Morgan fingerprint density at radius 2 is 2.17 bits per heavy atom. The van der Waals surface area contributed by atoms with Crippen molar-refractivity contribution in [3.8, 4) is 11.4 Å². The summed E-state index contributed by atoms with van der Waals surface area (Å²) in [5.41, 5.74) is 8.75. The molecule has 24 heavy (non-hydrogen) atoms. The number of nitrogens with zero attached hydrogens (tertiary/aromatic N) is 5. The molecule has 0 unspecified atom stereocenters. The van der Waals surface area contributed by atoms with Crippen LogP contribution in [-0.4, -0.2) is 24.8 Å². The van der Waals surface area contributed by atoms with Gasteiger partial charge >= 0.3 is 5.69 Å². The van der Waals surface area contributed by atoms with Crippen LogP contribution in [0.5, 0.6) is 0 Å². The summed E-state index contributed by atoms with van der Waals surface area (Å²) in [4.78, 5) is 14.7. The molecule has 2 aromatic heterocycles. The summed E-state index contributed by atoms with van der Waals surface area (Å²) in [5.74, 6) is 0.905. The van der Waals surface area contributed by atoms with Gasteiger partial charge in [-0.15, -0.1) is 0 Å². The van der Waals surface area contributed by atoms with Gasteiger partial charge in [-0.1, -0.05) is 17.3 Å². The lowest BCUT2D eigenvalue weighted by atomic mass is 10.1. The minimum atomic E-state index is -0.452. The molecule has 0 radical (unpaired) electrons. The van der Waals surface area contributed by atoms with Gasteiger partial charge in [0.15, 0.2) is 0 Å². The highest BCUT2D eigenvalue weighted by atomic mass is 16.6. The molecule has 0 saturated carbocycles. The summed E-state index contributed by atoms with van der Waals surface area (Å²) in [6.45, 7) is 3.96. The molecule has 0 aliphatic heterocycles. The zero-order valence-electron chi connectivity index (χ0n) is 13.3. The van der Waals surface area contributed by atoms with E-state index < -0.39 is 4.92 Å². The molecular weight excluding hydrogens is 312 g/mol. The maximum Gasteiger partial charge on any atom is 0.309 e. The number of aromatic nitrogens is 4. The van der Waals surface area contributed by atoms with Gasteiger partial charge in [-0.2, -0.15) is 10.1 Å². The van der Waals surface area contributed by atoms with Crippen LogP contribution in [-0.2, 0) is 13.0 Å². The number of nitrogen functional groups attached to an aromatic ring is 1. The predicted octanol–water partition coefficient (Wildman–Crippen LogP) is 2.28. The van der Waals surface area contributed by atoms with Crippen molar-refractivity contribution in [2.45, 2.75) is 26.8 Å². The van der Waals surface area contributed by atoms with Crippen LogP contribution >= 0.6 is 0 Å². The highest BCUT2D eigenvalue weighted by Gasteiger charge is 2.17. The first-order chi connectivity index (χ1) is 11.5. The molecule has 0 fully saturated rings. The fourth-order valence-electron chi connectivity index (χ4n) is 2.40. The van der Waals surface area contributed by atoms with Crippen LogP contribution in [0.2, 0.25) is 0 Å². The van der Waals surface area contributed by atoms with E-state index in [1.807, 2.05) is 25.1 Å². The zero-order valence-corrected chi connectivity index (χ0v) is 13.3. The lowest BCUT2D eigenvalue weighted by Gasteiger charge is -2.03. The highest BCUT2D eigenvalue weighted by Crippen LogP contribution is 2.24. The molecule has 3 rings (SSSR count). The molecule has 2 heterocycles. The van der Waals surface area contributed by atoms with Crippen molar-refractivity contribution >= 4 is 11.4 Å². The van der Waals surface area contributed by atoms with E-state index in [1.54, 1.807) is 11.6 Å². The number of benzene rings is 1. The van der Waals surface area contributed by atoms with Crippen LogP contribution in [0.3, 0.4) is 0 Å². The Balaban J connectivity index is 1.75. The van der Waals surface area contributed by atoms with Crippen molar-refractivity contribution in [2.75, 3.05) is 5.73 Å². The molecule has 3 aromatic rings. The predicted molar refractivity (Wildman–Crippen MR) is 86.2 cm³/mol. The molecule has 9 nitrogen and oxygen atoms in total. The topological polar surface area (TPSA) is 126 Å². The van der Waals surface area contributed by atoms with Gasteiger partial charge in [-0.25, -0.2) is 0 Å². The van der Waals surface area contributed by atoms with Gasteiger partial charge in [-0.05, 0) is 25.5 Å². The van der Waals surface area contributed by atoms with E-state index in [2.05, 4.69) is 15.2 Å². The van der Waals surface area contributed by atoms with E-state index >= 15 is 0 Å². The van der Waals surface area contributed by atoms with Gasteiger partial charge in [0.2, 0.25) is 11.7 Å². The number of hydrogen-bond donors (Lipinski definition) is 1. The summed E-state index contributed by atoms with van der Waals surface area (Å²) in [6, 6.07) is 5.52. The van der Waals surface area contributed by atoms with Gasteiger partial charge in [0.1, 0.15) is 11.9 Å². The maximum absolute atomic E-state index is 10.8. The Kier molecular flexibility index (Phi) is 3.98. The Bertz CT molecular complexity index is 899. The Morgan fingerprint density at radius 3 is 2.88 bits per heavy atom. The molecule has 0 atom stereocenters. The number of nitro groups is 1. The van der Waals surface area contributed by atoms with E-state index in [-0.39, 0.29) is 5.69 Å². The van der Waals surface area contributed by atoms with Crippen LogP contribution in [0, 0.1) is 24.0 Å². The van der Waals surface area contributed by atoms with E-state index in [4.69, 9.17) is 10.3 Å². The fraction of sp³-hybridized carbons (Fsp3) is 0.267. The monoisotopic (exact) mass is 328 g/mol. The third-order valence-corrected chi connectivity index (χ3v) is 3.90. The smallest absolute Gasteiger partial charge is 0.309 e. The quantitative estimate of drug-likeness (QED) is 0.432. The third kappa shape index (κ3) is 2.83. The SMILES string of the molecule is Cc1c(N)cccc1-c1noc(CCn2ncc([N+](=O)[O-])c2C)n1. The summed E-state index contributed by atoms with van der Waals surface area (Å²) in [5, 5.41) is 18.8. The number of rotatable bonds is 5. The zero-order chi connectivity index (χ0) is 17.3. The number of nitrogens with two attached hydrogens (primary N) is 1. The summed E-state index contributed by atoms with van der Waals surface area (Å²) < 4.78 is 6.80. The molecule has 2 N–H and O–H groups in total. The number of anilines is 1. The summed E-state index contributed by atoms with van der Waals surface area (Å²) >= 11 is 0. The molecule has 0 spiro atoms. The van der Waals surface area contributed by atoms with Gasteiger partial charge < -0.3 is 10.3 Å². The lowest BCUT2D eigenvalue weighted by Crippen LogP contribution is -2.05. The normalized spacial score (nSPS) is 10.9. The molecule has 1 aromatic carbocycles. The van der Waals surface area contributed by atoms with Crippen LogP contribution < -0.4 is 5.73 Å².